The van der Waals surface area contributed by atoms with Gasteiger partial charge in [0.1, 0.15) is 28.6 Å². The summed E-state index contributed by atoms with van der Waals surface area (Å²) < 4.78 is 101. The van der Waals surface area contributed by atoms with E-state index < -0.39 is 38.7 Å². The van der Waals surface area contributed by atoms with Gasteiger partial charge in [-0.2, -0.15) is 4.37 Å². The molecular weight excluding hydrogens is 531 g/mol. The number of sulfonamides is 1. The molecular formula is C20H21F5N6O3S2. The lowest BCUT2D eigenvalue weighted by Crippen LogP contribution is -2.22. The Kier molecular flexibility index (Phi) is 8.86. The van der Waals surface area contributed by atoms with E-state index in [2.05, 4.69) is 30.0 Å². The van der Waals surface area contributed by atoms with Crippen LogP contribution >= 0.6 is 11.5 Å². The highest BCUT2D eigenvalue weighted by molar-refractivity contribution is 7.93. The van der Waals surface area contributed by atoms with Crippen LogP contribution in [0.15, 0.2) is 41.6 Å². The second-order valence-electron chi connectivity index (χ2n) is 7.12. The van der Waals surface area contributed by atoms with E-state index in [1.54, 1.807) is 0 Å². The topological polar surface area (TPSA) is 117 Å². The lowest BCUT2D eigenvalue weighted by molar-refractivity contribution is -0.274. The van der Waals surface area contributed by atoms with E-state index in [0.29, 0.717) is 48.9 Å². The molecule has 0 amide bonds. The summed E-state index contributed by atoms with van der Waals surface area (Å²) in [4.78, 5) is 2.70. The van der Waals surface area contributed by atoms with E-state index >= 15 is 0 Å². The molecule has 36 heavy (non-hydrogen) atoms. The largest absolute Gasteiger partial charge is 0.573 e. The highest BCUT2D eigenvalue weighted by Gasteiger charge is 2.31. The lowest BCUT2D eigenvalue weighted by Gasteiger charge is -2.17. The Balaban J connectivity index is 1.78. The number of hydrogen-bond acceptors (Lipinski definition) is 9. The smallest absolute Gasteiger partial charge is 0.406 e. The van der Waals surface area contributed by atoms with Crippen molar-refractivity contribution < 1.29 is 35.1 Å². The number of nitrogens with zero attached hydrogens (tertiary/aromatic N) is 2. The van der Waals surface area contributed by atoms with Crippen LogP contribution in [0.5, 0.6) is 5.75 Å². The van der Waals surface area contributed by atoms with Gasteiger partial charge in [-0.25, -0.2) is 22.2 Å². The first kappa shape index (κ1) is 27.3. The van der Waals surface area contributed by atoms with Gasteiger partial charge in [0.05, 0.1) is 5.69 Å². The van der Waals surface area contributed by atoms with Crippen molar-refractivity contribution in [2.75, 3.05) is 35.0 Å². The number of anilines is 3. The van der Waals surface area contributed by atoms with Crippen LogP contribution in [0.1, 0.15) is 12.5 Å². The number of likely N-dealkylation sites (N-methyl/N-ethyl adjacent to an activating group) is 1. The van der Waals surface area contributed by atoms with E-state index in [1.807, 2.05) is 11.6 Å². The Bertz CT molecular complexity index is 1270. The van der Waals surface area contributed by atoms with Crippen molar-refractivity contribution in [2.45, 2.75) is 24.7 Å². The number of benzene rings is 2. The third-order valence-electron chi connectivity index (χ3n) is 4.55. The zero-order chi connectivity index (χ0) is 26.3. The second kappa shape index (κ2) is 11.7. The van der Waals surface area contributed by atoms with Gasteiger partial charge in [0.15, 0.2) is 0 Å². The normalized spacial score (nSPS) is 11.8. The molecule has 0 unspecified atom stereocenters. The van der Waals surface area contributed by atoms with E-state index in [-0.39, 0.29) is 23.1 Å². The maximum absolute atomic E-state index is 14.7. The molecule has 9 nitrogen and oxygen atoms in total. The molecule has 16 heteroatoms. The maximum Gasteiger partial charge on any atom is 0.573 e. The molecule has 3 rings (SSSR count). The SMILES string of the molecule is CCNCCNc1cc(OC(F)(F)F)ccc1CNc1cc(F)c(S(=O)(=O)Nc2ncns2)cc1F. The quantitative estimate of drug-likeness (QED) is 0.196. The summed E-state index contributed by atoms with van der Waals surface area (Å²) in [5, 5.41) is 8.54. The zero-order valence-electron chi connectivity index (χ0n) is 18.6. The molecule has 1 aromatic heterocycles. The van der Waals surface area contributed by atoms with Crippen molar-refractivity contribution in [3.8, 4) is 5.75 Å². The second-order valence-corrected chi connectivity index (χ2v) is 9.55. The molecule has 4 N–H and O–H groups in total. The van der Waals surface area contributed by atoms with Crippen molar-refractivity contribution in [3.63, 3.8) is 0 Å². The molecule has 0 saturated heterocycles. The third-order valence-corrected chi connectivity index (χ3v) is 6.61. The molecule has 0 atom stereocenters. The minimum Gasteiger partial charge on any atom is -0.406 e. The van der Waals surface area contributed by atoms with E-state index in [4.69, 9.17) is 0 Å². The molecule has 2 aromatic carbocycles. The molecule has 0 aliphatic rings. The van der Waals surface area contributed by atoms with E-state index in [0.717, 1.165) is 18.5 Å². The summed E-state index contributed by atoms with van der Waals surface area (Å²) in [5.74, 6) is -2.74. The van der Waals surface area contributed by atoms with Gasteiger partial charge in [0.25, 0.3) is 10.0 Å². The fourth-order valence-electron chi connectivity index (χ4n) is 2.98. The Morgan fingerprint density at radius 2 is 1.81 bits per heavy atom. The molecule has 3 aromatic rings. The van der Waals surface area contributed by atoms with Gasteiger partial charge < -0.3 is 20.7 Å². The summed E-state index contributed by atoms with van der Waals surface area (Å²) in [6.07, 6.45) is -3.79. The number of halogens is 5. The molecule has 0 fully saturated rings. The molecule has 0 bridgehead atoms. The van der Waals surface area contributed by atoms with Gasteiger partial charge in [-0.3, -0.25) is 4.72 Å². The van der Waals surface area contributed by atoms with Crippen LogP contribution in [-0.4, -0.2) is 43.8 Å². The first-order valence-electron chi connectivity index (χ1n) is 10.3. The average molecular weight is 553 g/mol. The maximum atomic E-state index is 14.7. The van der Waals surface area contributed by atoms with Gasteiger partial charge >= 0.3 is 6.36 Å². The van der Waals surface area contributed by atoms with Crippen LogP contribution in [0, 0.1) is 11.6 Å². The number of alkyl halides is 3. The number of nitrogens with one attached hydrogen (secondary N) is 4. The van der Waals surface area contributed by atoms with Crippen LogP contribution in [0.2, 0.25) is 0 Å². The Morgan fingerprint density at radius 3 is 2.47 bits per heavy atom. The summed E-state index contributed by atoms with van der Waals surface area (Å²) >= 11 is 0.716. The molecule has 0 saturated carbocycles. The summed E-state index contributed by atoms with van der Waals surface area (Å²) in [7, 11) is -4.47. The number of aromatic nitrogens is 2. The number of rotatable bonds is 12. The first-order valence-corrected chi connectivity index (χ1v) is 12.6. The molecule has 196 valence electrons. The van der Waals surface area contributed by atoms with E-state index in [9.17, 15) is 30.4 Å². The van der Waals surface area contributed by atoms with Crippen molar-refractivity contribution in [3.05, 3.63) is 53.9 Å². The number of hydrogen-bond donors (Lipinski definition) is 4. The minimum absolute atomic E-state index is 0.121. The van der Waals surface area contributed by atoms with Crippen molar-refractivity contribution in [2.24, 2.45) is 0 Å². The molecule has 0 radical (unpaired) electrons. The van der Waals surface area contributed by atoms with Crippen molar-refractivity contribution >= 4 is 38.1 Å². The number of ether oxygens (including phenoxy) is 1. The zero-order valence-corrected chi connectivity index (χ0v) is 20.3. The van der Waals surface area contributed by atoms with Gasteiger partial charge in [-0.1, -0.05) is 13.0 Å². The lowest BCUT2D eigenvalue weighted by atomic mass is 10.1. The Morgan fingerprint density at radius 1 is 1.03 bits per heavy atom. The summed E-state index contributed by atoms with van der Waals surface area (Å²) in [6.45, 7) is 3.35. The molecule has 0 aliphatic carbocycles. The molecule has 0 spiro atoms. The Labute approximate surface area is 207 Å². The predicted octanol–water partition coefficient (Wildman–Crippen LogP) is 4.15. The highest BCUT2D eigenvalue weighted by Crippen LogP contribution is 2.30. The highest BCUT2D eigenvalue weighted by atomic mass is 32.2. The van der Waals surface area contributed by atoms with Gasteiger partial charge in [0, 0.05) is 49.0 Å². The summed E-state index contributed by atoms with van der Waals surface area (Å²) in [5.41, 5.74) is 0.357. The minimum atomic E-state index is -4.88. The molecule has 0 aliphatic heterocycles. The van der Waals surface area contributed by atoms with E-state index in [1.165, 1.54) is 6.07 Å². The Hall–Kier alpha value is -3.24. The van der Waals surface area contributed by atoms with Crippen molar-refractivity contribution in [1.29, 1.82) is 0 Å². The third kappa shape index (κ3) is 7.63. The monoisotopic (exact) mass is 552 g/mol. The standard InChI is InChI=1S/C20H21F5N6O3S2/c1-2-26-5-6-27-16-7-13(34-20(23,24)25)4-3-12(16)10-28-17-8-15(22)18(9-14(17)21)36(32,33)31-19-29-11-30-35-19/h3-4,7-9,11,26-28H,2,5-6,10H2,1H3,(H,29,30,31). The van der Waals surface area contributed by atoms with Crippen LogP contribution in [0.3, 0.4) is 0 Å². The van der Waals surface area contributed by atoms with Crippen LogP contribution in [0.4, 0.5) is 38.5 Å². The first-order chi connectivity index (χ1) is 17.0. The van der Waals surface area contributed by atoms with Gasteiger partial charge in [-0.05, 0) is 24.2 Å². The van der Waals surface area contributed by atoms with Gasteiger partial charge in [-0.15, -0.1) is 13.2 Å². The van der Waals surface area contributed by atoms with Crippen LogP contribution < -0.4 is 25.4 Å². The average Bonchev–Trinajstić information content (AvgIpc) is 3.29. The van der Waals surface area contributed by atoms with Crippen molar-refractivity contribution in [1.82, 2.24) is 14.7 Å². The van der Waals surface area contributed by atoms with Gasteiger partial charge in [0.2, 0.25) is 5.13 Å². The fraction of sp³-hybridized carbons (Fsp3) is 0.300. The fourth-order valence-corrected chi connectivity index (χ4v) is 4.72. The molecule has 1 heterocycles. The summed E-state index contributed by atoms with van der Waals surface area (Å²) in [6, 6.07) is 4.75. The predicted molar refractivity (Wildman–Crippen MR) is 125 cm³/mol. The van der Waals surface area contributed by atoms with Crippen LogP contribution in [0.25, 0.3) is 0 Å². The van der Waals surface area contributed by atoms with Crippen LogP contribution in [-0.2, 0) is 16.6 Å².